The van der Waals surface area contributed by atoms with Gasteiger partial charge < -0.3 is 10.4 Å². The summed E-state index contributed by atoms with van der Waals surface area (Å²) in [7, 11) is -4.18. The van der Waals surface area contributed by atoms with Gasteiger partial charge in [-0.05, 0) is 36.4 Å². The van der Waals surface area contributed by atoms with E-state index in [2.05, 4.69) is 15.5 Å². The number of carbonyl (C=O) groups excluding carboxylic acids is 1. The van der Waals surface area contributed by atoms with E-state index in [-0.39, 0.29) is 21.2 Å². The Kier molecular flexibility index (Phi) is 5.34. The number of aromatic carboxylic acids is 1. The first-order valence-electron chi connectivity index (χ1n) is 7.73. The van der Waals surface area contributed by atoms with Gasteiger partial charge >= 0.3 is 12.0 Å². The lowest BCUT2D eigenvalue weighted by Gasteiger charge is -2.11. The smallest absolute Gasteiger partial charge is 0.337 e. The number of hydrogen-bond donors (Lipinski definition) is 4. The maximum Gasteiger partial charge on any atom is 0.337 e. The maximum atomic E-state index is 12.4. The largest absolute Gasteiger partial charge is 0.478 e. The number of aromatic nitrogens is 2. The van der Waals surface area contributed by atoms with Crippen LogP contribution >= 0.6 is 11.6 Å². The van der Waals surface area contributed by atoms with Crippen LogP contribution in [0.5, 0.6) is 0 Å². The van der Waals surface area contributed by atoms with Crippen LogP contribution < -0.4 is 10.0 Å². The van der Waals surface area contributed by atoms with Crippen LogP contribution in [0.15, 0.2) is 59.6 Å². The van der Waals surface area contributed by atoms with Gasteiger partial charge in [-0.2, -0.15) is 5.10 Å². The van der Waals surface area contributed by atoms with E-state index in [1.807, 2.05) is 4.72 Å². The molecular weight excluding hydrogens is 408 g/mol. The van der Waals surface area contributed by atoms with Gasteiger partial charge in [0.1, 0.15) is 0 Å². The van der Waals surface area contributed by atoms with Gasteiger partial charge in [-0.1, -0.05) is 23.7 Å². The van der Waals surface area contributed by atoms with Gasteiger partial charge in [-0.15, -0.1) is 0 Å². The molecule has 2 aromatic carbocycles. The number of benzene rings is 2. The number of anilines is 1. The third-order valence-electron chi connectivity index (χ3n) is 3.65. The van der Waals surface area contributed by atoms with Crippen molar-refractivity contribution in [2.45, 2.75) is 4.90 Å². The average molecular weight is 421 g/mol. The summed E-state index contributed by atoms with van der Waals surface area (Å²) in [6.07, 6.45) is 1.63. The highest BCUT2D eigenvalue weighted by Gasteiger charge is 2.20. The fraction of sp³-hybridized carbons (Fsp3) is 0. The van der Waals surface area contributed by atoms with Crippen molar-refractivity contribution in [1.29, 1.82) is 0 Å². The van der Waals surface area contributed by atoms with Crippen molar-refractivity contribution in [2.24, 2.45) is 0 Å². The minimum absolute atomic E-state index is 0.137. The molecule has 0 aliphatic rings. The highest BCUT2D eigenvalue weighted by molar-refractivity contribution is 7.90. The Bertz CT molecular complexity index is 1130. The van der Waals surface area contributed by atoms with Crippen molar-refractivity contribution in [2.75, 3.05) is 5.32 Å². The lowest BCUT2D eigenvalue weighted by atomic mass is 10.2. The zero-order valence-electron chi connectivity index (χ0n) is 14.0. The number of nitrogens with zero attached hydrogens (tertiary/aromatic N) is 1. The summed E-state index contributed by atoms with van der Waals surface area (Å²) in [6, 6.07) is 10.1. The number of hydrogen-bond acceptors (Lipinski definition) is 5. The third kappa shape index (κ3) is 4.30. The van der Waals surface area contributed by atoms with E-state index in [4.69, 9.17) is 16.7 Å². The summed E-state index contributed by atoms with van der Waals surface area (Å²) >= 11 is 5.80. The summed E-state index contributed by atoms with van der Waals surface area (Å²) in [5, 5.41) is 18.1. The third-order valence-corrected chi connectivity index (χ3v) is 5.23. The molecule has 0 fully saturated rings. The van der Waals surface area contributed by atoms with Crippen LogP contribution in [0.2, 0.25) is 5.02 Å². The highest BCUT2D eigenvalue weighted by Crippen LogP contribution is 2.22. The number of carboxylic acids is 1. The molecule has 0 bridgehead atoms. The van der Waals surface area contributed by atoms with E-state index < -0.39 is 22.0 Å². The van der Waals surface area contributed by atoms with Crippen molar-refractivity contribution in [1.82, 2.24) is 14.9 Å². The minimum atomic E-state index is -4.18. The topological polar surface area (TPSA) is 141 Å². The number of nitrogens with one attached hydrogen (secondary N) is 3. The lowest BCUT2D eigenvalue weighted by Crippen LogP contribution is -2.34. The summed E-state index contributed by atoms with van der Waals surface area (Å²) in [4.78, 5) is 23.2. The molecule has 144 valence electrons. The second kappa shape index (κ2) is 7.71. The molecule has 4 N–H and O–H groups in total. The van der Waals surface area contributed by atoms with Crippen LogP contribution in [0.3, 0.4) is 0 Å². The molecule has 0 spiro atoms. The molecule has 1 heterocycles. The number of halogens is 1. The van der Waals surface area contributed by atoms with Crippen molar-refractivity contribution < 1.29 is 23.1 Å². The van der Waals surface area contributed by atoms with Crippen LogP contribution in [0.4, 0.5) is 10.5 Å². The van der Waals surface area contributed by atoms with E-state index in [0.717, 1.165) is 0 Å². The molecule has 0 aliphatic carbocycles. The van der Waals surface area contributed by atoms with Crippen LogP contribution in [0, 0.1) is 0 Å². The number of carboxylic acid groups (broad SMARTS) is 1. The quantitative estimate of drug-likeness (QED) is 0.500. The second-order valence-corrected chi connectivity index (χ2v) is 7.66. The molecular formula is C17H13ClN4O5S. The highest BCUT2D eigenvalue weighted by atomic mass is 35.5. The Morgan fingerprint density at radius 2 is 1.79 bits per heavy atom. The molecule has 0 atom stereocenters. The van der Waals surface area contributed by atoms with Crippen molar-refractivity contribution in [3.05, 3.63) is 65.3 Å². The zero-order valence-corrected chi connectivity index (χ0v) is 15.6. The number of H-pyrrole nitrogens is 1. The Morgan fingerprint density at radius 1 is 1.07 bits per heavy atom. The predicted molar refractivity (Wildman–Crippen MR) is 102 cm³/mol. The van der Waals surface area contributed by atoms with Gasteiger partial charge in [0, 0.05) is 16.8 Å². The Balaban J connectivity index is 1.76. The van der Waals surface area contributed by atoms with Crippen molar-refractivity contribution in [3.63, 3.8) is 0 Å². The molecule has 3 rings (SSSR count). The first-order valence-corrected chi connectivity index (χ1v) is 9.59. The average Bonchev–Trinajstić information content (AvgIpc) is 3.15. The summed E-state index contributed by atoms with van der Waals surface area (Å²) in [5.41, 5.74) is 0.952. The number of amides is 2. The van der Waals surface area contributed by atoms with Crippen LogP contribution in [0.1, 0.15) is 10.4 Å². The second-order valence-electron chi connectivity index (χ2n) is 5.54. The molecule has 0 saturated carbocycles. The molecule has 0 radical (unpaired) electrons. The number of carbonyl (C=O) groups is 2. The van der Waals surface area contributed by atoms with E-state index >= 15 is 0 Å². The van der Waals surface area contributed by atoms with Crippen molar-refractivity contribution in [3.8, 4) is 11.3 Å². The van der Waals surface area contributed by atoms with Gasteiger partial charge in [-0.25, -0.2) is 22.7 Å². The first kappa shape index (κ1) is 19.4. The van der Waals surface area contributed by atoms with Crippen LogP contribution in [0.25, 0.3) is 11.3 Å². The molecule has 0 saturated heterocycles. The molecule has 2 amide bonds. The zero-order chi connectivity index (χ0) is 20.3. The van der Waals surface area contributed by atoms with Gasteiger partial charge in [0.25, 0.3) is 10.0 Å². The van der Waals surface area contributed by atoms with Gasteiger partial charge in [0.05, 0.1) is 21.8 Å². The fourth-order valence-electron chi connectivity index (χ4n) is 2.36. The molecule has 9 nitrogen and oxygen atoms in total. The number of rotatable bonds is 5. The molecule has 28 heavy (non-hydrogen) atoms. The van der Waals surface area contributed by atoms with Gasteiger partial charge in [0.15, 0.2) is 0 Å². The van der Waals surface area contributed by atoms with Gasteiger partial charge in [0.2, 0.25) is 0 Å². The number of urea groups is 1. The van der Waals surface area contributed by atoms with Gasteiger partial charge in [-0.3, -0.25) is 5.10 Å². The Labute approximate surface area is 164 Å². The van der Waals surface area contributed by atoms with E-state index in [1.165, 1.54) is 30.3 Å². The monoisotopic (exact) mass is 420 g/mol. The van der Waals surface area contributed by atoms with E-state index in [9.17, 15) is 18.0 Å². The SMILES string of the molecule is O=C(Nc1cc(Cl)ccc1C(=O)O)NS(=O)(=O)c1ccc(-c2cc[nH]n2)cc1. The minimum Gasteiger partial charge on any atom is -0.478 e. The Morgan fingerprint density at radius 3 is 2.39 bits per heavy atom. The molecule has 11 heteroatoms. The molecule has 0 aliphatic heterocycles. The first-order chi connectivity index (χ1) is 13.3. The van der Waals surface area contributed by atoms with E-state index in [0.29, 0.717) is 11.3 Å². The van der Waals surface area contributed by atoms with Crippen LogP contribution in [-0.4, -0.2) is 35.7 Å². The molecule has 3 aromatic rings. The predicted octanol–water partition coefficient (Wildman–Crippen LogP) is 2.94. The Hall–Kier alpha value is -3.37. The standard InChI is InChI=1S/C17H13ClN4O5S/c18-11-3-6-13(16(23)24)15(9-11)20-17(25)22-28(26,27)12-4-1-10(2-5-12)14-7-8-19-21-14/h1-9H,(H,19,21)(H,23,24)(H2,20,22,25). The normalized spacial score (nSPS) is 11.0. The number of sulfonamides is 1. The summed E-state index contributed by atoms with van der Waals surface area (Å²) in [6.45, 7) is 0. The van der Waals surface area contributed by atoms with E-state index in [1.54, 1.807) is 24.4 Å². The van der Waals surface area contributed by atoms with Crippen LogP contribution in [-0.2, 0) is 10.0 Å². The summed E-state index contributed by atoms with van der Waals surface area (Å²) in [5.74, 6) is -1.30. The summed E-state index contributed by atoms with van der Waals surface area (Å²) < 4.78 is 26.6. The number of aromatic amines is 1. The molecule has 0 unspecified atom stereocenters. The molecule has 1 aromatic heterocycles. The fourth-order valence-corrected chi connectivity index (χ4v) is 3.44. The van der Waals surface area contributed by atoms with Crippen molar-refractivity contribution >= 4 is 39.3 Å². The maximum absolute atomic E-state index is 12.4. The lowest BCUT2D eigenvalue weighted by molar-refractivity contribution is 0.0698.